The van der Waals surface area contributed by atoms with Crippen molar-refractivity contribution in [2.24, 2.45) is 0 Å². The van der Waals surface area contributed by atoms with E-state index in [9.17, 15) is 0 Å². The summed E-state index contributed by atoms with van der Waals surface area (Å²) in [6, 6.07) is 11.7. The molecule has 0 fully saturated rings. The molecule has 3 aromatic rings. The van der Waals surface area contributed by atoms with Crippen LogP contribution in [0, 0.1) is 0 Å². The van der Waals surface area contributed by atoms with E-state index in [0.29, 0.717) is 13.3 Å². The lowest BCUT2D eigenvalue weighted by atomic mass is 10.1. The van der Waals surface area contributed by atoms with E-state index in [1.807, 2.05) is 42.6 Å². The van der Waals surface area contributed by atoms with Gasteiger partial charge in [-0.15, -0.1) is 11.3 Å². The maximum Gasteiger partial charge on any atom is 0.231 e. The van der Waals surface area contributed by atoms with Gasteiger partial charge in [0.1, 0.15) is 16.5 Å². The lowest BCUT2D eigenvalue weighted by Crippen LogP contribution is -2.12. The van der Waals surface area contributed by atoms with Crippen molar-refractivity contribution >= 4 is 11.3 Å². The molecule has 2 heterocycles. The van der Waals surface area contributed by atoms with Gasteiger partial charge in [-0.1, -0.05) is 6.07 Å². The molecular formula is C20H20N2O4S. The monoisotopic (exact) mass is 384 g/mol. The van der Waals surface area contributed by atoms with E-state index in [1.165, 1.54) is 0 Å². The van der Waals surface area contributed by atoms with Crippen LogP contribution in [-0.4, -0.2) is 26.0 Å². The molecule has 4 rings (SSSR count). The molecule has 0 bridgehead atoms. The molecule has 0 saturated heterocycles. The molecule has 1 aliphatic rings. The van der Waals surface area contributed by atoms with Crippen LogP contribution >= 0.6 is 11.3 Å². The van der Waals surface area contributed by atoms with E-state index < -0.39 is 0 Å². The first kappa shape index (κ1) is 17.6. The van der Waals surface area contributed by atoms with Crippen LogP contribution < -0.4 is 24.3 Å². The number of nitrogens with zero attached hydrogens (tertiary/aromatic N) is 1. The number of nitrogens with one attached hydrogen (secondary N) is 1. The van der Waals surface area contributed by atoms with E-state index in [0.717, 1.165) is 50.6 Å². The Morgan fingerprint density at radius 2 is 1.93 bits per heavy atom. The zero-order chi connectivity index (χ0) is 18.6. The van der Waals surface area contributed by atoms with Crippen LogP contribution in [0.2, 0.25) is 0 Å². The van der Waals surface area contributed by atoms with Gasteiger partial charge in [0.2, 0.25) is 6.79 Å². The van der Waals surface area contributed by atoms with E-state index in [4.69, 9.17) is 18.9 Å². The van der Waals surface area contributed by atoms with Crippen molar-refractivity contribution in [2.75, 3.05) is 21.0 Å². The number of rotatable bonds is 7. The van der Waals surface area contributed by atoms with Crippen LogP contribution in [0.15, 0.2) is 42.6 Å². The Labute approximate surface area is 161 Å². The molecule has 1 aliphatic heterocycles. The Morgan fingerprint density at radius 3 is 2.78 bits per heavy atom. The third kappa shape index (κ3) is 3.84. The molecule has 27 heavy (non-hydrogen) atoms. The summed E-state index contributed by atoms with van der Waals surface area (Å²) >= 11 is 1.64. The highest BCUT2D eigenvalue weighted by Gasteiger charge is 2.14. The molecule has 0 atom stereocenters. The van der Waals surface area contributed by atoms with Crippen LogP contribution in [0.3, 0.4) is 0 Å². The highest BCUT2D eigenvalue weighted by atomic mass is 32.1. The summed E-state index contributed by atoms with van der Waals surface area (Å²) in [7, 11) is 3.32. The summed E-state index contributed by atoms with van der Waals surface area (Å²) in [4.78, 5) is 5.57. The van der Waals surface area contributed by atoms with E-state index >= 15 is 0 Å². The van der Waals surface area contributed by atoms with Gasteiger partial charge in [-0.2, -0.15) is 0 Å². The molecule has 1 aromatic heterocycles. The van der Waals surface area contributed by atoms with Crippen LogP contribution in [0.25, 0.3) is 10.4 Å². The second-order valence-corrected chi connectivity index (χ2v) is 7.09. The van der Waals surface area contributed by atoms with Crippen molar-refractivity contribution in [3.05, 3.63) is 53.2 Å². The second kappa shape index (κ2) is 7.85. The molecule has 0 aliphatic carbocycles. The van der Waals surface area contributed by atoms with Gasteiger partial charge in [0, 0.05) is 24.8 Å². The van der Waals surface area contributed by atoms with Gasteiger partial charge in [0.25, 0.3) is 0 Å². The summed E-state index contributed by atoms with van der Waals surface area (Å²) in [6.45, 7) is 1.71. The minimum absolute atomic E-state index is 0.293. The van der Waals surface area contributed by atoms with Gasteiger partial charge in [-0.3, -0.25) is 0 Å². The first-order valence-electron chi connectivity index (χ1n) is 8.53. The van der Waals surface area contributed by atoms with Gasteiger partial charge >= 0.3 is 0 Å². The largest absolute Gasteiger partial charge is 0.497 e. The second-order valence-electron chi connectivity index (χ2n) is 5.98. The number of hydrogen-bond donors (Lipinski definition) is 1. The molecule has 0 radical (unpaired) electrons. The zero-order valence-corrected chi connectivity index (χ0v) is 16.0. The molecule has 2 aromatic carbocycles. The number of hydrogen-bond acceptors (Lipinski definition) is 7. The fourth-order valence-corrected chi connectivity index (χ4v) is 3.80. The zero-order valence-electron chi connectivity index (χ0n) is 15.2. The van der Waals surface area contributed by atoms with Crippen molar-refractivity contribution < 1.29 is 18.9 Å². The van der Waals surface area contributed by atoms with Crippen LogP contribution in [0.1, 0.15) is 10.6 Å². The highest BCUT2D eigenvalue weighted by molar-refractivity contribution is 7.15. The molecule has 0 amide bonds. The SMILES string of the molecule is COc1ccc(OC)c(-c2cnc(CNCc3ccc4c(c3)OCO4)s2)c1. The third-order valence-corrected chi connectivity index (χ3v) is 5.30. The lowest BCUT2D eigenvalue weighted by molar-refractivity contribution is 0.174. The summed E-state index contributed by atoms with van der Waals surface area (Å²) in [5.74, 6) is 3.20. The van der Waals surface area contributed by atoms with Crippen LogP contribution in [0.5, 0.6) is 23.0 Å². The lowest BCUT2D eigenvalue weighted by Gasteiger charge is -2.08. The van der Waals surface area contributed by atoms with Crippen LogP contribution in [-0.2, 0) is 13.1 Å². The molecular weight excluding hydrogens is 364 g/mol. The first-order valence-corrected chi connectivity index (χ1v) is 9.35. The maximum atomic E-state index is 5.47. The molecule has 140 valence electrons. The normalized spacial score (nSPS) is 12.2. The number of fused-ring (bicyclic) bond motifs is 1. The number of aromatic nitrogens is 1. The Hall–Kier alpha value is -2.77. The Balaban J connectivity index is 1.41. The molecule has 0 spiro atoms. The average molecular weight is 384 g/mol. The summed E-state index contributed by atoms with van der Waals surface area (Å²) in [5, 5.41) is 4.43. The van der Waals surface area contributed by atoms with Crippen molar-refractivity contribution in [2.45, 2.75) is 13.1 Å². The predicted octanol–water partition coefficient (Wildman–Crippen LogP) is 3.85. The van der Waals surface area contributed by atoms with Gasteiger partial charge in [-0.05, 0) is 35.9 Å². The average Bonchev–Trinajstić information content (AvgIpc) is 3.36. The fourth-order valence-electron chi connectivity index (χ4n) is 2.89. The summed E-state index contributed by atoms with van der Waals surface area (Å²) < 4.78 is 21.5. The number of ether oxygens (including phenoxy) is 4. The standard InChI is InChI=1S/C20H20N2O4S/c1-23-14-4-6-16(24-2)15(8-14)19-10-22-20(27-19)11-21-9-13-3-5-17-18(7-13)26-12-25-17/h3-8,10,21H,9,11-12H2,1-2H3. The number of methoxy groups -OCH3 is 2. The minimum Gasteiger partial charge on any atom is -0.497 e. The smallest absolute Gasteiger partial charge is 0.231 e. The molecule has 0 unspecified atom stereocenters. The molecule has 7 heteroatoms. The maximum absolute atomic E-state index is 5.47. The number of benzene rings is 2. The first-order chi connectivity index (χ1) is 13.3. The highest BCUT2D eigenvalue weighted by Crippen LogP contribution is 2.36. The van der Waals surface area contributed by atoms with Gasteiger partial charge < -0.3 is 24.3 Å². The van der Waals surface area contributed by atoms with E-state index in [-0.39, 0.29) is 0 Å². The molecule has 6 nitrogen and oxygen atoms in total. The summed E-state index contributed by atoms with van der Waals surface area (Å²) in [5.41, 5.74) is 2.13. The van der Waals surface area contributed by atoms with E-state index in [2.05, 4.69) is 10.3 Å². The van der Waals surface area contributed by atoms with Gasteiger partial charge in [0.05, 0.1) is 19.1 Å². The Morgan fingerprint density at radius 1 is 1.04 bits per heavy atom. The summed E-state index contributed by atoms with van der Waals surface area (Å²) in [6.07, 6.45) is 1.87. The van der Waals surface area contributed by atoms with Gasteiger partial charge in [0.15, 0.2) is 11.5 Å². The minimum atomic E-state index is 0.293. The Bertz CT molecular complexity index is 941. The van der Waals surface area contributed by atoms with Crippen molar-refractivity contribution in [1.29, 1.82) is 0 Å². The Kier molecular flexibility index (Phi) is 5.13. The quantitative estimate of drug-likeness (QED) is 0.668. The molecule has 1 N–H and O–H groups in total. The number of thiazole rings is 1. The fraction of sp³-hybridized carbons (Fsp3) is 0.250. The predicted molar refractivity (Wildman–Crippen MR) is 104 cm³/mol. The molecule has 0 saturated carbocycles. The van der Waals surface area contributed by atoms with Crippen molar-refractivity contribution in [3.63, 3.8) is 0 Å². The van der Waals surface area contributed by atoms with Crippen LogP contribution in [0.4, 0.5) is 0 Å². The van der Waals surface area contributed by atoms with Crippen molar-refractivity contribution in [1.82, 2.24) is 10.3 Å². The third-order valence-electron chi connectivity index (χ3n) is 4.27. The van der Waals surface area contributed by atoms with Crippen molar-refractivity contribution in [3.8, 4) is 33.4 Å². The van der Waals surface area contributed by atoms with Gasteiger partial charge in [-0.25, -0.2) is 4.98 Å². The topological polar surface area (TPSA) is 61.8 Å². The van der Waals surface area contributed by atoms with E-state index in [1.54, 1.807) is 25.6 Å².